The van der Waals surface area contributed by atoms with Crippen molar-refractivity contribution in [3.8, 4) is 0 Å². The largest absolute Gasteiger partial charge is 0.480 e. The first-order chi connectivity index (χ1) is 18.5. The van der Waals surface area contributed by atoms with E-state index in [1.807, 2.05) is 24.3 Å². The molecule has 2 aromatic heterocycles. The first-order valence-corrected chi connectivity index (χ1v) is 12.2. The fourth-order valence-electron chi connectivity index (χ4n) is 3.95. The average Bonchev–Trinajstić information content (AvgIpc) is 3.55. The van der Waals surface area contributed by atoms with E-state index in [1.165, 1.54) is 19.4 Å². The maximum Gasteiger partial charge on any atom is 0.326 e. The molecule has 14 heteroatoms. The van der Waals surface area contributed by atoms with Gasteiger partial charge < -0.3 is 42.5 Å². The zero-order valence-corrected chi connectivity index (χ0v) is 21.3. The monoisotopic (exact) mass is 540 g/mol. The minimum absolute atomic E-state index is 0.0548. The number of aromatic nitrogens is 3. The number of imidazole rings is 1. The molecule has 0 radical (unpaired) electrons. The summed E-state index contributed by atoms with van der Waals surface area (Å²) in [6, 6.07) is 2.79. The second-order valence-corrected chi connectivity index (χ2v) is 9.16. The molecule has 4 amide bonds. The highest BCUT2D eigenvalue weighted by Crippen LogP contribution is 2.19. The van der Waals surface area contributed by atoms with Crippen LogP contribution in [0.25, 0.3) is 10.9 Å². The number of fused-ring (bicyclic) bond motifs is 1. The standard InChI is InChI=1S/C25H32N8O6/c1-13(26)22(35)32-19(8-14-10-29-17-5-3-2-4-16(14)17)23(36)33-20(9-15-11-28-12-30-15)24(37)31-18(25(38)39)6-7-21(27)34/h2-5,10-13,18-20,29H,6-9,26H2,1H3,(H2,27,34)(H,28,30)(H,31,37)(H,32,35)(H,33,36)(H,38,39). The molecule has 208 valence electrons. The van der Waals surface area contributed by atoms with Crippen LogP contribution in [0.4, 0.5) is 0 Å². The molecular formula is C25H32N8O6. The summed E-state index contributed by atoms with van der Waals surface area (Å²) in [7, 11) is 0. The summed E-state index contributed by atoms with van der Waals surface area (Å²) in [4.78, 5) is 71.7. The number of aromatic amines is 2. The molecule has 10 N–H and O–H groups in total. The van der Waals surface area contributed by atoms with E-state index < -0.39 is 53.8 Å². The first-order valence-electron chi connectivity index (χ1n) is 12.2. The van der Waals surface area contributed by atoms with Gasteiger partial charge in [0.1, 0.15) is 18.1 Å². The summed E-state index contributed by atoms with van der Waals surface area (Å²) in [6.07, 6.45) is 4.12. The molecule has 39 heavy (non-hydrogen) atoms. The van der Waals surface area contributed by atoms with Crippen LogP contribution >= 0.6 is 0 Å². The van der Waals surface area contributed by atoms with Gasteiger partial charge in [-0.1, -0.05) is 18.2 Å². The quantitative estimate of drug-likeness (QED) is 0.124. The van der Waals surface area contributed by atoms with E-state index >= 15 is 0 Å². The Labute approximate surface area is 223 Å². The molecule has 3 rings (SSSR count). The molecule has 0 aliphatic heterocycles. The van der Waals surface area contributed by atoms with Gasteiger partial charge in [0.15, 0.2) is 0 Å². The zero-order chi connectivity index (χ0) is 28.5. The molecule has 0 fully saturated rings. The summed E-state index contributed by atoms with van der Waals surface area (Å²) in [5.41, 5.74) is 12.9. The van der Waals surface area contributed by atoms with Crippen LogP contribution in [0.15, 0.2) is 43.0 Å². The van der Waals surface area contributed by atoms with Crippen molar-refractivity contribution in [1.29, 1.82) is 0 Å². The highest BCUT2D eigenvalue weighted by molar-refractivity contribution is 5.95. The summed E-state index contributed by atoms with van der Waals surface area (Å²) in [5.74, 6) is -4.14. The van der Waals surface area contributed by atoms with Crippen molar-refractivity contribution in [3.63, 3.8) is 0 Å². The van der Waals surface area contributed by atoms with Gasteiger partial charge >= 0.3 is 5.97 Å². The number of nitrogens with one attached hydrogen (secondary N) is 5. The minimum Gasteiger partial charge on any atom is -0.480 e. The second kappa shape index (κ2) is 13.2. The number of benzene rings is 1. The average molecular weight is 541 g/mol. The van der Waals surface area contributed by atoms with Crippen LogP contribution < -0.4 is 27.4 Å². The molecule has 0 aliphatic rings. The number of primary amides is 1. The molecule has 4 unspecified atom stereocenters. The third-order valence-electron chi connectivity index (χ3n) is 6.05. The summed E-state index contributed by atoms with van der Waals surface area (Å²) < 4.78 is 0. The Hall–Kier alpha value is -4.72. The highest BCUT2D eigenvalue weighted by Gasteiger charge is 2.31. The molecule has 0 saturated heterocycles. The maximum absolute atomic E-state index is 13.5. The number of carboxylic acids is 1. The molecule has 0 saturated carbocycles. The number of carboxylic acid groups (broad SMARTS) is 1. The van der Waals surface area contributed by atoms with Gasteiger partial charge in [-0.2, -0.15) is 0 Å². The molecule has 2 heterocycles. The number of aliphatic carboxylic acids is 1. The van der Waals surface area contributed by atoms with E-state index in [1.54, 1.807) is 6.20 Å². The normalized spacial score (nSPS) is 14.1. The second-order valence-electron chi connectivity index (χ2n) is 9.16. The molecule has 0 bridgehead atoms. The number of nitrogens with zero attached hydrogens (tertiary/aromatic N) is 1. The molecule has 0 aliphatic carbocycles. The van der Waals surface area contributed by atoms with Crippen molar-refractivity contribution in [2.45, 2.75) is 56.8 Å². The lowest BCUT2D eigenvalue weighted by atomic mass is 10.0. The third kappa shape index (κ3) is 8.13. The third-order valence-corrected chi connectivity index (χ3v) is 6.05. The van der Waals surface area contributed by atoms with E-state index in [2.05, 4.69) is 30.9 Å². The minimum atomic E-state index is -1.41. The topological polar surface area (TPSA) is 238 Å². The van der Waals surface area contributed by atoms with Crippen LogP contribution in [0.2, 0.25) is 0 Å². The number of hydrogen-bond donors (Lipinski definition) is 8. The van der Waals surface area contributed by atoms with E-state index in [4.69, 9.17) is 11.5 Å². The molecule has 1 aromatic carbocycles. The Bertz CT molecular complexity index is 1320. The fraction of sp³-hybridized carbons (Fsp3) is 0.360. The van der Waals surface area contributed by atoms with Crippen molar-refractivity contribution in [2.24, 2.45) is 11.5 Å². The van der Waals surface area contributed by atoms with E-state index in [0.717, 1.165) is 16.5 Å². The van der Waals surface area contributed by atoms with Gasteiger partial charge in [0.25, 0.3) is 0 Å². The lowest BCUT2D eigenvalue weighted by Gasteiger charge is -2.24. The SMILES string of the molecule is CC(N)C(=O)NC(Cc1c[nH]c2ccccc12)C(=O)NC(Cc1cnc[nH]1)C(=O)NC(CCC(N)=O)C(=O)O. The van der Waals surface area contributed by atoms with Crippen molar-refractivity contribution >= 4 is 40.5 Å². The number of rotatable bonds is 14. The van der Waals surface area contributed by atoms with Gasteiger partial charge in [0.05, 0.1) is 12.4 Å². The molecule has 4 atom stereocenters. The van der Waals surface area contributed by atoms with Gasteiger partial charge in [0, 0.05) is 48.3 Å². The number of H-pyrrole nitrogens is 2. The number of para-hydroxylation sites is 1. The van der Waals surface area contributed by atoms with Gasteiger partial charge in [-0.3, -0.25) is 19.2 Å². The van der Waals surface area contributed by atoms with Gasteiger partial charge in [-0.25, -0.2) is 9.78 Å². The summed E-state index contributed by atoms with van der Waals surface area (Å²) >= 11 is 0. The molecule has 3 aromatic rings. The predicted octanol–water partition coefficient (Wildman–Crippen LogP) is -1.17. The van der Waals surface area contributed by atoms with Crippen LogP contribution in [-0.4, -0.2) is 73.8 Å². The van der Waals surface area contributed by atoms with Crippen LogP contribution in [0.3, 0.4) is 0 Å². The van der Waals surface area contributed by atoms with E-state index in [-0.39, 0.29) is 25.7 Å². The van der Waals surface area contributed by atoms with E-state index in [0.29, 0.717) is 5.69 Å². The van der Waals surface area contributed by atoms with Gasteiger partial charge in [-0.15, -0.1) is 0 Å². The Morgan fingerprint density at radius 2 is 1.59 bits per heavy atom. The van der Waals surface area contributed by atoms with Gasteiger partial charge in [0.2, 0.25) is 23.6 Å². The maximum atomic E-state index is 13.5. The zero-order valence-electron chi connectivity index (χ0n) is 21.3. The summed E-state index contributed by atoms with van der Waals surface area (Å²) in [5, 5.41) is 17.9. The Morgan fingerprint density at radius 1 is 0.949 bits per heavy atom. The number of carbonyl (C=O) groups is 5. The summed E-state index contributed by atoms with van der Waals surface area (Å²) in [6.45, 7) is 1.47. The first kappa shape index (κ1) is 28.8. The number of amides is 4. The van der Waals surface area contributed by atoms with Gasteiger partial charge in [-0.05, 0) is 25.0 Å². The fourth-order valence-corrected chi connectivity index (χ4v) is 3.95. The van der Waals surface area contributed by atoms with Crippen molar-refractivity contribution in [3.05, 3.63) is 54.2 Å². The number of carbonyl (C=O) groups excluding carboxylic acids is 4. The molecule has 0 spiro atoms. The van der Waals surface area contributed by atoms with Crippen molar-refractivity contribution < 1.29 is 29.1 Å². The predicted molar refractivity (Wildman–Crippen MR) is 140 cm³/mol. The lowest BCUT2D eigenvalue weighted by Crippen LogP contribution is -2.58. The van der Waals surface area contributed by atoms with E-state index in [9.17, 15) is 29.1 Å². The molecular weight excluding hydrogens is 508 g/mol. The van der Waals surface area contributed by atoms with Crippen LogP contribution in [0.1, 0.15) is 31.0 Å². The van der Waals surface area contributed by atoms with Crippen molar-refractivity contribution in [2.75, 3.05) is 0 Å². The Morgan fingerprint density at radius 3 is 2.21 bits per heavy atom. The lowest BCUT2D eigenvalue weighted by molar-refractivity contribution is -0.142. The van der Waals surface area contributed by atoms with Crippen LogP contribution in [-0.2, 0) is 36.8 Å². The molecule has 14 nitrogen and oxygen atoms in total. The highest BCUT2D eigenvalue weighted by atomic mass is 16.4. The van der Waals surface area contributed by atoms with Crippen LogP contribution in [0, 0.1) is 0 Å². The smallest absolute Gasteiger partial charge is 0.326 e. The van der Waals surface area contributed by atoms with Crippen molar-refractivity contribution in [1.82, 2.24) is 30.9 Å². The Balaban J connectivity index is 1.84. The number of hydrogen-bond acceptors (Lipinski definition) is 7. The Kier molecular flexibility index (Phi) is 9.75. The van der Waals surface area contributed by atoms with Crippen LogP contribution in [0.5, 0.6) is 0 Å². The number of nitrogens with two attached hydrogens (primary N) is 2.